The number of hydrogen-bond donors (Lipinski definition) is 1. The molecule has 2 amide bonds. The summed E-state index contributed by atoms with van der Waals surface area (Å²) >= 11 is 0. The Labute approximate surface area is 169 Å². The van der Waals surface area contributed by atoms with Gasteiger partial charge in [-0.25, -0.2) is 4.39 Å². The second-order valence-electron chi connectivity index (χ2n) is 7.12. The van der Waals surface area contributed by atoms with Crippen LogP contribution in [0.1, 0.15) is 64.5 Å². The van der Waals surface area contributed by atoms with Crippen LogP contribution in [0.2, 0.25) is 0 Å². The van der Waals surface area contributed by atoms with Crippen LogP contribution in [0, 0.1) is 6.92 Å². The molecule has 154 valence electrons. The molecule has 0 bridgehead atoms. The lowest BCUT2D eigenvalue weighted by Gasteiger charge is -2.24. The minimum absolute atomic E-state index is 0.0348. The Bertz CT molecular complexity index is 932. The van der Waals surface area contributed by atoms with Gasteiger partial charge in [0.15, 0.2) is 0 Å². The van der Waals surface area contributed by atoms with E-state index in [2.05, 4.69) is 15.3 Å². The van der Waals surface area contributed by atoms with Gasteiger partial charge in [0.05, 0.1) is 17.9 Å². The number of carbonyl (C=O) groups is 2. The van der Waals surface area contributed by atoms with E-state index >= 15 is 0 Å². The van der Waals surface area contributed by atoms with Gasteiger partial charge in [0.1, 0.15) is 24.2 Å². The average Bonchev–Trinajstić information content (AvgIpc) is 3.03. The zero-order valence-corrected chi connectivity index (χ0v) is 17.0. The molecule has 0 spiro atoms. The van der Waals surface area contributed by atoms with E-state index in [1.807, 2.05) is 26.8 Å². The van der Waals surface area contributed by atoms with Gasteiger partial charge >= 0.3 is 0 Å². The number of nitrogens with one attached hydrogen (secondary N) is 1. The highest BCUT2D eigenvalue weighted by Gasteiger charge is 2.35. The first kappa shape index (κ1) is 20.7. The summed E-state index contributed by atoms with van der Waals surface area (Å²) in [5.41, 5.74) is 2.90. The van der Waals surface area contributed by atoms with Gasteiger partial charge in [-0.15, -0.1) is 0 Å². The largest absolute Gasteiger partial charge is 0.489 e. The lowest BCUT2D eigenvalue weighted by Crippen LogP contribution is -2.28. The molecule has 2 aromatic rings. The van der Waals surface area contributed by atoms with Gasteiger partial charge in [0.25, 0.3) is 11.8 Å². The maximum absolute atomic E-state index is 13.0. The molecular weight excluding hydrogens is 375 g/mol. The van der Waals surface area contributed by atoms with Gasteiger partial charge in [0.2, 0.25) is 0 Å². The van der Waals surface area contributed by atoms with Crippen LogP contribution >= 0.6 is 0 Å². The Morgan fingerprint density at radius 1 is 1.38 bits per heavy atom. The Morgan fingerprint density at radius 3 is 2.79 bits per heavy atom. The molecule has 0 fully saturated rings. The highest BCUT2D eigenvalue weighted by Crippen LogP contribution is 2.32. The molecule has 2 unspecified atom stereocenters. The molecule has 1 aliphatic rings. The van der Waals surface area contributed by atoms with E-state index in [0.29, 0.717) is 29.1 Å². The van der Waals surface area contributed by atoms with Crippen molar-refractivity contribution < 1.29 is 18.7 Å². The zero-order chi connectivity index (χ0) is 21.1. The summed E-state index contributed by atoms with van der Waals surface area (Å²) in [6.45, 7) is 7.73. The Hall–Kier alpha value is -3.03. The van der Waals surface area contributed by atoms with Crippen LogP contribution in [0.25, 0.3) is 0 Å². The molecule has 2 aromatic heterocycles. The maximum atomic E-state index is 13.0. The third-order valence-electron chi connectivity index (χ3n) is 4.88. The predicted octanol–water partition coefficient (Wildman–Crippen LogP) is 2.99. The second-order valence-corrected chi connectivity index (χ2v) is 7.12. The summed E-state index contributed by atoms with van der Waals surface area (Å²) in [4.78, 5) is 35.5. The van der Waals surface area contributed by atoms with Crippen LogP contribution in [0.5, 0.6) is 5.75 Å². The number of aromatic nitrogens is 2. The van der Waals surface area contributed by atoms with E-state index in [1.165, 1.54) is 13.1 Å². The Balaban J connectivity index is 1.82. The molecule has 2 atom stereocenters. The lowest BCUT2D eigenvalue weighted by molar-refractivity contribution is 0.0711. The van der Waals surface area contributed by atoms with Crippen LogP contribution in [-0.2, 0) is 6.54 Å². The number of rotatable bonds is 7. The molecule has 1 N–H and O–H groups in total. The number of nitrogens with zero attached hydrogens (tertiary/aromatic N) is 3. The maximum Gasteiger partial charge on any atom is 0.270 e. The predicted molar refractivity (Wildman–Crippen MR) is 106 cm³/mol. The molecule has 8 heteroatoms. The first-order valence-corrected chi connectivity index (χ1v) is 9.63. The summed E-state index contributed by atoms with van der Waals surface area (Å²) < 4.78 is 18.4. The van der Waals surface area contributed by atoms with Gasteiger partial charge in [0, 0.05) is 30.4 Å². The van der Waals surface area contributed by atoms with Gasteiger partial charge in [-0.2, -0.15) is 0 Å². The standard InChI is InChI=1S/C21H25FN4O3/c1-5-23-20(27)19-16-10-26(21(28)15(16)6-7-24-19)14(4)17-8-12(2)18(9-25-17)29-11-13(3)22/h6-9,13-14H,5,10-11H2,1-4H3,(H,23,27). The summed E-state index contributed by atoms with van der Waals surface area (Å²) in [6.07, 6.45) is 1.97. The fraction of sp³-hybridized carbons (Fsp3) is 0.429. The Kier molecular flexibility index (Phi) is 6.10. The van der Waals surface area contributed by atoms with Crippen molar-refractivity contribution in [1.29, 1.82) is 0 Å². The first-order chi connectivity index (χ1) is 13.8. The molecule has 0 radical (unpaired) electrons. The van der Waals surface area contributed by atoms with E-state index in [0.717, 1.165) is 5.56 Å². The molecule has 1 aliphatic heterocycles. The SMILES string of the molecule is CCNC(=O)c1nccc2c1CN(C(C)c1cc(C)c(OCC(C)F)cn1)C2=O. The third kappa shape index (κ3) is 4.21. The molecular formula is C21H25FN4O3. The molecule has 0 saturated carbocycles. The van der Waals surface area contributed by atoms with Crippen molar-refractivity contribution in [3.63, 3.8) is 0 Å². The number of ether oxygens (including phenoxy) is 1. The fourth-order valence-corrected chi connectivity index (χ4v) is 3.31. The first-order valence-electron chi connectivity index (χ1n) is 9.63. The van der Waals surface area contributed by atoms with Crippen LogP contribution in [0.15, 0.2) is 24.5 Å². The minimum Gasteiger partial charge on any atom is -0.489 e. The highest BCUT2D eigenvalue weighted by atomic mass is 19.1. The van der Waals surface area contributed by atoms with Crippen LogP contribution in [0.3, 0.4) is 0 Å². The van der Waals surface area contributed by atoms with Crippen molar-refractivity contribution in [2.75, 3.05) is 13.2 Å². The molecule has 3 rings (SSSR count). The summed E-state index contributed by atoms with van der Waals surface area (Å²) in [5, 5.41) is 2.73. The normalized spacial score (nSPS) is 15.1. The van der Waals surface area contributed by atoms with Crippen molar-refractivity contribution in [2.45, 2.75) is 46.5 Å². The van der Waals surface area contributed by atoms with E-state index in [-0.39, 0.29) is 36.7 Å². The van der Waals surface area contributed by atoms with Crippen LogP contribution in [0.4, 0.5) is 4.39 Å². The van der Waals surface area contributed by atoms with E-state index < -0.39 is 6.17 Å². The molecule has 29 heavy (non-hydrogen) atoms. The quantitative estimate of drug-likeness (QED) is 0.772. The van der Waals surface area contributed by atoms with Crippen molar-refractivity contribution in [1.82, 2.24) is 20.2 Å². The summed E-state index contributed by atoms with van der Waals surface area (Å²) in [6, 6.07) is 3.16. The number of fused-ring (bicyclic) bond motifs is 1. The zero-order valence-electron chi connectivity index (χ0n) is 17.0. The van der Waals surface area contributed by atoms with E-state index in [9.17, 15) is 14.0 Å². The number of hydrogen-bond acceptors (Lipinski definition) is 5. The van der Waals surface area contributed by atoms with Crippen molar-refractivity contribution >= 4 is 11.8 Å². The number of alkyl halides is 1. The minimum atomic E-state index is -1.07. The molecule has 7 nitrogen and oxygen atoms in total. The average molecular weight is 400 g/mol. The van der Waals surface area contributed by atoms with Crippen LogP contribution in [-0.4, -0.2) is 46.0 Å². The second kappa shape index (κ2) is 8.55. The van der Waals surface area contributed by atoms with Crippen molar-refractivity contribution in [3.05, 3.63) is 52.6 Å². The molecule has 3 heterocycles. The third-order valence-corrected chi connectivity index (χ3v) is 4.88. The van der Waals surface area contributed by atoms with Gasteiger partial charge in [-0.1, -0.05) is 0 Å². The number of halogens is 1. The number of pyridine rings is 2. The molecule has 0 aliphatic carbocycles. The molecule has 0 saturated heterocycles. The molecule has 0 aromatic carbocycles. The highest BCUT2D eigenvalue weighted by molar-refractivity contribution is 6.03. The van der Waals surface area contributed by atoms with E-state index in [4.69, 9.17) is 4.74 Å². The van der Waals surface area contributed by atoms with Crippen molar-refractivity contribution in [3.8, 4) is 5.75 Å². The van der Waals surface area contributed by atoms with Crippen molar-refractivity contribution in [2.24, 2.45) is 0 Å². The monoisotopic (exact) mass is 400 g/mol. The number of amides is 2. The van der Waals surface area contributed by atoms with Gasteiger partial charge in [-0.05, 0) is 45.4 Å². The topological polar surface area (TPSA) is 84.4 Å². The number of aryl methyl sites for hydroxylation is 1. The van der Waals surface area contributed by atoms with Crippen LogP contribution < -0.4 is 10.1 Å². The fourth-order valence-electron chi connectivity index (χ4n) is 3.31. The number of carbonyl (C=O) groups excluding carboxylic acids is 2. The summed E-state index contributed by atoms with van der Waals surface area (Å²) in [5.74, 6) is 0.0694. The summed E-state index contributed by atoms with van der Waals surface area (Å²) in [7, 11) is 0. The van der Waals surface area contributed by atoms with Gasteiger partial charge in [-0.3, -0.25) is 19.6 Å². The van der Waals surface area contributed by atoms with Gasteiger partial charge < -0.3 is 15.0 Å². The smallest absolute Gasteiger partial charge is 0.270 e. The Morgan fingerprint density at radius 2 is 2.14 bits per heavy atom. The lowest BCUT2D eigenvalue weighted by atomic mass is 10.1. The van der Waals surface area contributed by atoms with E-state index in [1.54, 1.807) is 17.2 Å².